The zero-order valence-electron chi connectivity index (χ0n) is 19.6. The first kappa shape index (κ1) is 25.0. The first-order valence-corrected chi connectivity index (χ1v) is 11.7. The number of nitrogens with one attached hydrogen (secondary N) is 2. The normalized spacial score (nSPS) is 20.1. The van der Waals surface area contributed by atoms with Crippen LogP contribution in [-0.2, 0) is 16.1 Å². The van der Waals surface area contributed by atoms with Crippen molar-refractivity contribution in [2.45, 2.75) is 18.6 Å². The molecule has 8 nitrogen and oxygen atoms in total. The van der Waals surface area contributed by atoms with E-state index in [0.29, 0.717) is 54.9 Å². The molecule has 4 rings (SSSR count). The zero-order chi connectivity index (χ0) is 24.9. The van der Waals surface area contributed by atoms with Gasteiger partial charge >= 0.3 is 6.03 Å². The van der Waals surface area contributed by atoms with Crippen LogP contribution >= 0.6 is 11.6 Å². The summed E-state index contributed by atoms with van der Waals surface area (Å²) in [6.45, 7) is 2.91. The van der Waals surface area contributed by atoms with Gasteiger partial charge in [-0.1, -0.05) is 23.7 Å². The smallest absolute Gasteiger partial charge is 0.318 e. The highest BCUT2D eigenvalue weighted by molar-refractivity contribution is 6.32. The van der Waals surface area contributed by atoms with Crippen molar-refractivity contribution in [1.82, 2.24) is 15.1 Å². The fourth-order valence-corrected chi connectivity index (χ4v) is 4.73. The minimum Gasteiger partial charge on any atom is -0.495 e. The van der Waals surface area contributed by atoms with Gasteiger partial charge < -0.3 is 25.0 Å². The van der Waals surface area contributed by atoms with Crippen LogP contribution in [0.2, 0.25) is 5.02 Å². The number of halogens is 2. The van der Waals surface area contributed by atoms with E-state index in [4.69, 9.17) is 21.1 Å². The number of hydrogen-bond acceptors (Lipinski definition) is 5. The maximum Gasteiger partial charge on any atom is 0.318 e. The van der Waals surface area contributed by atoms with Crippen LogP contribution in [0.3, 0.4) is 0 Å². The van der Waals surface area contributed by atoms with Gasteiger partial charge in [0.05, 0.1) is 43.1 Å². The van der Waals surface area contributed by atoms with Gasteiger partial charge in [0, 0.05) is 38.3 Å². The van der Waals surface area contributed by atoms with E-state index >= 15 is 0 Å². The molecule has 2 aromatic rings. The Balaban J connectivity index is 1.49. The number of nitrogens with zero attached hydrogens (tertiary/aromatic N) is 2. The van der Waals surface area contributed by atoms with Crippen molar-refractivity contribution in [1.29, 1.82) is 0 Å². The summed E-state index contributed by atoms with van der Waals surface area (Å²) in [6.07, 6.45) is 3.15. The van der Waals surface area contributed by atoms with Gasteiger partial charge in [-0.3, -0.25) is 9.69 Å². The SMILES string of the molecule is CNC(=O)Nc1cc(Cl)c(OC)cc1/C=C/C(=O)N1C2COCC1CN(Cc1ccc(F)cc1)C2. The minimum atomic E-state index is -0.406. The summed E-state index contributed by atoms with van der Waals surface area (Å²) in [4.78, 5) is 29.3. The molecule has 186 valence electrons. The van der Waals surface area contributed by atoms with E-state index in [1.54, 1.807) is 30.3 Å². The van der Waals surface area contributed by atoms with Crippen molar-refractivity contribution >= 4 is 35.3 Å². The molecule has 2 aliphatic rings. The molecule has 0 aliphatic carbocycles. The molecule has 2 bridgehead atoms. The Labute approximate surface area is 208 Å². The average Bonchev–Trinajstić information content (AvgIpc) is 2.84. The Morgan fingerprint density at radius 2 is 1.89 bits per heavy atom. The lowest BCUT2D eigenvalue weighted by atomic mass is 10.0. The Morgan fingerprint density at radius 3 is 2.51 bits per heavy atom. The van der Waals surface area contributed by atoms with Crippen molar-refractivity contribution in [3.63, 3.8) is 0 Å². The van der Waals surface area contributed by atoms with Crippen molar-refractivity contribution in [3.8, 4) is 5.75 Å². The molecular weight excluding hydrogens is 475 g/mol. The predicted molar refractivity (Wildman–Crippen MR) is 132 cm³/mol. The number of carbonyl (C=O) groups is 2. The number of urea groups is 1. The molecule has 2 unspecified atom stereocenters. The van der Waals surface area contributed by atoms with Gasteiger partial charge in [0.25, 0.3) is 0 Å². The quantitative estimate of drug-likeness (QED) is 0.592. The number of methoxy groups -OCH3 is 1. The second kappa shape index (κ2) is 11.1. The third-order valence-corrected chi connectivity index (χ3v) is 6.42. The molecule has 0 spiro atoms. The lowest BCUT2D eigenvalue weighted by molar-refractivity contribution is -0.150. The van der Waals surface area contributed by atoms with Crippen molar-refractivity contribution in [3.05, 3.63) is 64.4 Å². The number of morpholine rings is 1. The van der Waals surface area contributed by atoms with E-state index in [-0.39, 0.29) is 23.8 Å². The molecule has 2 heterocycles. The van der Waals surface area contributed by atoms with Crippen molar-refractivity contribution in [2.24, 2.45) is 0 Å². The Bertz CT molecular complexity index is 1100. The number of carbonyl (C=O) groups excluding carboxylic acids is 2. The highest BCUT2D eigenvalue weighted by Gasteiger charge is 2.40. The fraction of sp³-hybridized carbons (Fsp3) is 0.360. The third-order valence-electron chi connectivity index (χ3n) is 6.12. The number of piperazine rings is 1. The van der Waals surface area contributed by atoms with Crippen LogP contribution < -0.4 is 15.4 Å². The number of amides is 3. The van der Waals surface area contributed by atoms with E-state index in [1.807, 2.05) is 4.90 Å². The van der Waals surface area contributed by atoms with Crippen LogP contribution in [0.4, 0.5) is 14.9 Å². The van der Waals surface area contributed by atoms with Gasteiger partial charge in [-0.25, -0.2) is 9.18 Å². The molecule has 2 aromatic carbocycles. The molecule has 10 heteroatoms. The van der Waals surface area contributed by atoms with E-state index < -0.39 is 6.03 Å². The average molecular weight is 503 g/mol. The van der Waals surface area contributed by atoms with E-state index in [1.165, 1.54) is 32.4 Å². The van der Waals surface area contributed by atoms with Gasteiger partial charge in [0.2, 0.25) is 5.91 Å². The summed E-state index contributed by atoms with van der Waals surface area (Å²) < 4.78 is 24.3. The molecule has 2 atom stereocenters. The Hall–Kier alpha value is -3.14. The van der Waals surface area contributed by atoms with Gasteiger partial charge in [0.1, 0.15) is 11.6 Å². The summed E-state index contributed by atoms with van der Waals surface area (Å²) in [5.74, 6) is 0.0404. The second-order valence-electron chi connectivity index (χ2n) is 8.52. The van der Waals surface area contributed by atoms with Crippen LogP contribution in [0.15, 0.2) is 42.5 Å². The van der Waals surface area contributed by atoms with Gasteiger partial charge in [-0.05, 0) is 35.9 Å². The summed E-state index contributed by atoms with van der Waals surface area (Å²) in [6, 6.07) is 9.15. The van der Waals surface area contributed by atoms with Crippen LogP contribution in [0.25, 0.3) is 6.08 Å². The molecule has 3 amide bonds. The van der Waals surface area contributed by atoms with Crippen LogP contribution in [0.5, 0.6) is 5.75 Å². The maximum absolute atomic E-state index is 13.3. The second-order valence-corrected chi connectivity index (χ2v) is 8.93. The molecule has 35 heavy (non-hydrogen) atoms. The summed E-state index contributed by atoms with van der Waals surface area (Å²) in [7, 11) is 3.01. The molecule has 0 saturated carbocycles. The lowest BCUT2D eigenvalue weighted by Gasteiger charge is -2.49. The first-order chi connectivity index (χ1) is 16.9. The van der Waals surface area contributed by atoms with Crippen molar-refractivity contribution < 1.29 is 23.5 Å². The molecule has 0 radical (unpaired) electrons. The third kappa shape index (κ3) is 5.93. The number of fused-ring (bicyclic) bond motifs is 2. The predicted octanol–water partition coefficient (Wildman–Crippen LogP) is 3.36. The summed E-state index contributed by atoms with van der Waals surface area (Å²) >= 11 is 6.22. The molecule has 2 saturated heterocycles. The number of hydrogen-bond donors (Lipinski definition) is 2. The molecular formula is C25H28ClFN4O4. The Morgan fingerprint density at radius 1 is 1.20 bits per heavy atom. The van der Waals surface area contributed by atoms with Gasteiger partial charge in [-0.2, -0.15) is 0 Å². The number of anilines is 1. The van der Waals surface area contributed by atoms with E-state index in [0.717, 1.165) is 5.56 Å². The highest BCUT2D eigenvalue weighted by atomic mass is 35.5. The van der Waals surface area contributed by atoms with E-state index in [2.05, 4.69) is 15.5 Å². The standard InChI is InChI=1S/C25H28ClFN4O4/c1-28-25(33)29-22-10-21(26)23(34-2)9-17(22)5-8-24(32)31-19-12-30(13-20(31)15-35-14-19)11-16-3-6-18(27)7-4-16/h3-10,19-20H,11-15H2,1-2H3,(H2,28,29,33)/b8-5+. The lowest BCUT2D eigenvalue weighted by Crippen LogP contribution is -2.65. The van der Waals surface area contributed by atoms with Gasteiger partial charge in [0.15, 0.2) is 0 Å². The number of rotatable bonds is 6. The monoisotopic (exact) mass is 502 g/mol. The number of ether oxygens (including phenoxy) is 2. The minimum absolute atomic E-state index is 0.0942. The first-order valence-electron chi connectivity index (χ1n) is 11.3. The van der Waals surface area contributed by atoms with Crippen molar-refractivity contribution in [2.75, 3.05) is 45.8 Å². The Kier molecular flexibility index (Phi) is 7.90. The zero-order valence-corrected chi connectivity index (χ0v) is 20.3. The fourth-order valence-electron chi connectivity index (χ4n) is 4.49. The number of benzene rings is 2. The largest absolute Gasteiger partial charge is 0.495 e. The highest BCUT2D eigenvalue weighted by Crippen LogP contribution is 2.32. The van der Waals surface area contributed by atoms with Gasteiger partial charge in [-0.15, -0.1) is 0 Å². The van der Waals surface area contributed by atoms with Crippen LogP contribution in [0.1, 0.15) is 11.1 Å². The maximum atomic E-state index is 13.3. The molecule has 2 aliphatic heterocycles. The molecule has 0 aromatic heterocycles. The van der Waals surface area contributed by atoms with E-state index in [9.17, 15) is 14.0 Å². The molecule has 2 N–H and O–H groups in total. The molecule has 2 fully saturated rings. The van der Waals surface area contributed by atoms with Crippen LogP contribution in [-0.4, -0.2) is 74.3 Å². The summed E-state index contributed by atoms with van der Waals surface area (Å²) in [5.41, 5.74) is 2.06. The van der Waals surface area contributed by atoms with Crippen LogP contribution in [0, 0.1) is 5.82 Å². The topological polar surface area (TPSA) is 83.1 Å². The summed E-state index contributed by atoms with van der Waals surface area (Å²) in [5, 5.41) is 5.55.